The SMILES string of the molecule is Nc1ccc(Nc2ccccc2OC(F)F)c(Cl)c1. The predicted octanol–water partition coefficient (Wildman–Crippen LogP) is 4.27. The molecule has 0 amide bonds. The van der Waals surface area contributed by atoms with Crippen LogP contribution < -0.4 is 15.8 Å². The van der Waals surface area contributed by atoms with Crippen molar-refractivity contribution in [2.45, 2.75) is 6.61 Å². The first-order valence-corrected chi connectivity index (χ1v) is 5.80. The second-order valence-corrected chi connectivity index (χ2v) is 4.15. The lowest BCUT2D eigenvalue weighted by atomic mass is 10.2. The van der Waals surface area contributed by atoms with Crippen molar-refractivity contribution in [3.05, 3.63) is 47.5 Å². The number of para-hydroxylation sites is 2. The van der Waals surface area contributed by atoms with Crippen molar-refractivity contribution in [1.29, 1.82) is 0 Å². The molecule has 0 bridgehead atoms. The van der Waals surface area contributed by atoms with Gasteiger partial charge in [-0.3, -0.25) is 0 Å². The number of hydrogen-bond donors (Lipinski definition) is 2. The molecule has 19 heavy (non-hydrogen) atoms. The second-order valence-electron chi connectivity index (χ2n) is 3.74. The maximum absolute atomic E-state index is 12.3. The molecule has 2 aromatic carbocycles. The van der Waals surface area contributed by atoms with Crippen molar-refractivity contribution >= 4 is 28.7 Å². The fraction of sp³-hybridized carbons (Fsp3) is 0.0769. The van der Waals surface area contributed by atoms with Crippen LogP contribution in [-0.4, -0.2) is 6.61 Å². The molecule has 0 unspecified atom stereocenters. The molecule has 2 rings (SSSR count). The van der Waals surface area contributed by atoms with Crippen molar-refractivity contribution in [1.82, 2.24) is 0 Å². The van der Waals surface area contributed by atoms with E-state index in [2.05, 4.69) is 10.1 Å². The third-order valence-electron chi connectivity index (χ3n) is 2.37. The quantitative estimate of drug-likeness (QED) is 0.824. The van der Waals surface area contributed by atoms with Gasteiger partial charge in [-0.25, -0.2) is 0 Å². The number of halogens is 3. The fourth-order valence-corrected chi connectivity index (χ4v) is 1.78. The summed E-state index contributed by atoms with van der Waals surface area (Å²) in [7, 11) is 0. The Balaban J connectivity index is 2.27. The van der Waals surface area contributed by atoms with Gasteiger partial charge in [-0.05, 0) is 30.3 Å². The summed E-state index contributed by atoms with van der Waals surface area (Å²) in [6, 6.07) is 11.3. The summed E-state index contributed by atoms with van der Waals surface area (Å²) in [6.45, 7) is -2.88. The van der Waals surface area contributed by atoms with E-state index in [1.807, 2.05) is 0 Å². The maximum atomic E-state index is 12.3. The number of nitrogen functional groups attached to an aromatic ring is 1. The Labute approximate surface area is 113 Å². The molecule has 100 valence electrons. The van der Waals surface area contributed by atoms with Crippen molar-refractivity contribution in [3.63, 3.8) is 0 Å². The molecule has 3 N–H and O–H groups in total. The van der Waals surface area contributed by atoms with E-state index >= 15 is 0 Å². The van der Waals surface area contributed by atoms with E-state index in [9.17, 15) is 8.78 Å². The molecule has 0 atom stereocenters. The fourth-order valence-electron chi connectivity index (χ4n) is 1.55. The van der Waals surface area contributed by atoms with E-state index < -0.39 is 6.61 Å². The van der Waals surface area contributed by atoms with Gasteiger partial charge in [-0.2, -0.15) is 8.78 Å². The molecule has 0 aliphatic carbocycles. The molecule has 0 radical (unpaired) electrons. The Kier molecular flexibility index (Phi) is 4.06. The van der Waals surface area contributed by atoms with Crippen LogP contribution in [0, 0.1) is 0 Å². The summed E-state index contributed by atoms with van der Waals surface area (Å²) >= 11 is 6.01. The minimum absolute atomic E-state index is 0.0467. The monoisotopic (exact) mass is 284 g/mol. The Morgan fingerprint density at radius 2 is 1.84 bits per heavy atom. The van der Waals surface area contributed by atoms with Gasteiger partial charge in [0.2, 0.25) is 0 Å². The summed E-state index contributed by atoms with van der Waals surface area (Å²) in [6.07, 6.45) is 0. The molecule has 0 aromatic heterocycles. The molecule has 3 nitrogen and oxygen atoms in total. The van der Waals surface area contributed by atoms with Gasteiger partial charge in [0, 0.05) is 5.69 Å². The third kappa shape index (κ3) is 3.48. The average Bonchev–Trinajstić information content (AvgIpc) is 2.34. The van der Waals surface area contributed by atoms with Gasteiger partial charge >= 0.3 is 6.61 Å². The van der Waals surface area contributed by atoms with Crippen molar-refractivity contribution < 1.29 is 13.5 Å². The highest BCUT2D eigenvalue weighted by Crippen LogP contribution is 2.32. The molecule has 0 heterocycles. The highest BCUT2D eigenvalue weighted by molar-refractivity contribution is 6.33. The lowest BCUT2D eigenvalue weighted by molar-refractivity contribution is -0.0493. The van der Waals surface area contributed by atoms with E-state index in [4.69, 9.17) is 17.3 Å². The number of nitrogens with one attached hydrogen (secondary N) is 1. The van der Waals surface area contributed by atoms with Crippen molar-refractivity contribution in [3.8, 4) is 5.75 Å². The first-order chi connectivity index (χ1) is 9.06. The zero-order valence-corrected chi connectivity index (χ0v) is 10.5. The van der Waals surface area contributed by atoms with Gasteiger partial charge in [-0.1, -0.05) is 23.7 Å². The lowest BCUT2D eigenvalue weighted by Crippen LogP contribution is -2.04. The van der Waals surface area contributed by atoms with E-state index in [0.717, 1.165) is 0 Å². The third-order valence-corrected chi connectivity index (χ3v) is 2.68. The van der Waals surface area contributed by atoms with Crippen LogP contribution in [0.5, 0.6) is 5.75 Å². The Bertz CT molecular complexity index is 578. The first kappa shape index (κ1) is 13.4. The molecule has 0 saturated heterocycles. The first-order valence-electron chi connectivity index (χ1n) is 5.42. The highest BCUT2D eigenvalue weighted by Gasteiger charge is 2.10. The number of anilines is 3. The maximum Gasteiger partial charge on any atom is 0.387 e. The standard InChI is InChI=1S/C13H11ClF2N2O/c14-9-7-8(17)5-6-10(9)18-11-3-1-2-4-12(11)19-13(15)16/h1-7,13,18H,17H2. The molecule has 2 aromatic rings. The van der Waals surface area contributed by atoms with Gasteiger partial charge < -0.3 is 15.8 Å². The summed E-state index contributed by atoms with van der Waals surface area (Å²) in [5.41, 5.74) is 7.06. The number of ether oxygens (including phenoxy) is 1. The normalized spacial score (nSPS) is 10.5. The van der Waals surface area contributed by atoms with Crippen LogP contribution in [0.25, 0.3) is 0 Å². The zero-order valence-electron chi connectivity index (χ0n) is 9.74. The second kappa shape index (κ2) is 5.75. The van der Waals surface area contributed by atoms with Gasteiger partial charge in [0.15, 0.2) is 0 Å². The van der Waals surface area contributed by atoms with Crippen LogP contribution in [0.1, 0.15) is 0 Å². The molecule has 0 aliphatic rings. The van der Waals surface area contributed by atoms with Crippen molar-refractivity contribution in [2.75, 3.05) is 11.1 Å². The van der Waals surface area contributed by atoms with E-state index in [-0.39, 0.29) is 5.75 Å². The van der Waals surface area contributed by atoms with Crippen molar-refractivity contribution in [2.24, 2.45) is 0 Å². The van der Waals surface area contributed by atoms with E-state index in [0.29, 0.717) is 22.1 Å². The van der Waals surface area contributed by atoms with Crippen LogP contribution in [0.15, 0.2) is 42.5 Å². The van der Waals surface area contributed by atoms with Gasteiger partial charge in [0.1, 0.15) is 5.75 Å². The number of hydrogen-bond acceptors (Lipinski definition) is 3. The number of nitrogens with two attached hydrogens (primary N) is 1. The predicted molar refractivity (Wildman–Crippen MR) is 72.2 cm³/mol. The minimum atomic E-state index is -2.88. The number of rotatable bonds is 4. The molecular formula is C13H11ClF2N2O. The molecule has 0 spiro atoms. The minimum Gasteiger partial charge on any atom is -0.433 e. The number of alkyl halides is 2. The number of benzene rings is 2. The molecular weight excluding hydrogens is 274 g/mol. The summed E-state index contributed by atoms with van der Waals surface area (Å²) in [5, 5.41) is 3.32. The summed E-state index contributed by atoms with van der Waals surface area (Å²) < 4.78 is 29.0. The zero-order chi connectivity index (χ0) is 13.8. The lowest BCUT2D eigenvalue weighted by Gasteiger charge is -2.13. The topological polar surface area (TPSA) is 47.3 Å². The van der Waals surface area contributed by atoms with Crippen LogP contribution in [0.2, 0.25) is 5.02 Å². The largest absolute Gasteiger partial charge is 0.433 e. The Hall–Kier alpha value is -2.01. The van der Waals surface area contributed by atoms with Gasteiger partial charge in [0.25, 0.3) is 0 Å². The Morgan fingerprint density at radius 1 is 1.11 bits per heavy atom. The Morgan fingerprint density at radius 3 is 2.53 bits per heavy atom. The van der Waals surface area contributed by atoms with E-state index in [1.54, 1.807) is 36.4 Å². The molecule has 0 aliphatic heterocycles. The van der Waals surface area contributed by atoms with Gasteiger partial charge in [-0.15, -0.1) is 0 Å². The summed E-state index contributed by atoms with van der Waals surface area (Å²) in [4.78, 5) is 0. The molecule has 0 saturated carbocycles. The van der Waals surface area contributed by atoms with Crippen LogP contribution in [0.3, 0.4) is 0 Å². The van der Waals surface area contributed by atoms with Crippen LogP contribution >= 0.6 is 11.6 Å². The average molecular weight is 285 g/mol. The van der Waals surface area contributed by atoms with Gasteiger partial charge in [0.05, 0.1) is 16.4 Å². The summed E-state index contributed by atoms with van der Waals surface area (Å²) in [5.74, 6) is 0.0467. The van der Waals surface area contributed by atoms with Crippen LogP contribution in [-0.2, 0) is 0 Å². The van der Waals surface area contributed by atoms with Crippen LogP contribution in [0.4, 0.5) is 25.8 Å². The van der Waals surface area contributed by atoms with E-state index in [1.165, 1.54) is 6.07 Å². The molecule has 0 fully saturated rings. The smallest absolute Gasteiger partial charge is 0.387 e. The highest BCUT2D eigenvalue weighted by atomic mass is 35.5. The molecule has 6 heteroatoms.